The van der Waals surface area contributed by atoms with Crippen molar-refractivity contribution in [3.63, 3.8) is 0 Å². The van der Waals surface area contributed by atoms with Crippen LogP contribution in [-0.4, -0.2) is 38.6 Å². The number of carbonyl (C=O) groups is 3. The van der Waals surface area contributed by atoms with Crippen LogP contribution in [0.4, 0.5) is 5.69 Å². The van der Waals surface area contributed by atoms with Crippen molar-refractivity contribution in [1.29, 1.82) is 0 Å². The van der Waals surface area contributed by atoms with Crippen molar-refractivity contribution in [2.45, 2.75) is 64.1 Å². The van der Waals surface area contributed by atoms with Crippen LogP contribution in [0.2, 0.25) is 0 Å². The van der Waals surface area contributed by atoms with E-state index in [1.54, 1.807) is 12.1 Å². The third-order valence-electron chi connectivity index (χ3n) is 4.95. The molecule has 5 N–H and O–H groups in total. The molecule has 9 nitrogen and oxygen atoms in total. The number of nitrogen functional groups attached to an aromatic ring is 1. The van der Waals surface area contributed by atoms with Crippen LogP contribution in [0.1, 0.15) is 78.4 Å². The highest BCUT2D eigenvalue weighted by atomic mass is 32.1. The molecule has 10 heteroatoms. The second-order valence-corrected chi connectivity index (χ2v) is 9.22. The lowest BCUT2D eigenvalue weighted by Gasteiger charge is -2.36. The molecular weight excluding hydrogens is 406 g/mol. The Bertz CT molecular complexity index is 926. The number of furan rings is 1. The summed E-state index contributed by atoms with van der Waals surface area (Å²) in [5.74, 6) is -1.26. The fourth-order valence-electron chi connectivity index (χ4n) is 3.70. The van der Waals surface area contributed by atoms with Crippen LogP contribution >= 0.6 is 11.5 Å². The van der Waals surface area contributed by atoms with Gasteiger partial charge in [-0.1, -0.05) is 12.8 Å². The molecule has 1 aliphatic carbocycles. The monoisotopic (exact) mass is 433 g/mol. The van der Waals surface area contributed by atoms with Gasteiger partial charge in [-0.05, 0) is 57.3 Å². The molecule has 0 aromatic carbocycles. The highest BCUT2D eigenvalue weighted by Crippen LogP contribution is 2.35. The maximum atomic E-state index is 13.6. The number of rotatable bonds is 6. The summed E-state index contributed by atoms with van der Waals surface area (Å²) >= 11 is 0.810. The van der Waals surface area contributed by atoms with Gasteiger partial charge in [0.1, 0.15) is 10.6 Å². The predicted molar refractivity (Wildman–Crippen MR) is 113 cm³/mol. The van der Waals surface area contributed by atoms with Crippen molar-refractivity contribution in [3.05, 3.63) is 34.7 Å². The molecule has 0 saturated heterocycles. The maximum absolute atomic E-state index is 13.6. The van der Waals surface area contributed by atoms with Gasteiger partial charge in [0.15, 0.2) is 11.7 Å². The maximum Gasteiger partial charge on any atom is 0.270 e. The topological polar surface area (TPSA) is 145 Å². The minimum absolute atomic E-state index is 0.0603. The Kier molecular flexibility index (Phi) is 6.16. The number of carbonyl (C=O) groups excluding carboxylic acids is 3. The third kappa shape index (κ3) is 4.48. The summed E-state index contributed by atoms with van der Waals surface area (Å²) in [6, 6.07) is 2.20. The standard InChI is InChI=1S/C20H27N5O4S/c1-20(2,3)23-18(27)15(12-9-6-10-29-12)25(11-7-4-5-8-11)19(28)16-13(21)14(17(22)26)24-30-16/h6,9-11,15H,4-5,7-8,21H2,1-3H3,(H2,22,26)(H,23,27). The van der Waals surface area contributed by atoms with E-state index in [4.69, 9.17) is 15.9 Å². The molecule has 0 spiro atoms. The molecule has 30 heavy (non-hydrogen) atoms. The summed E-state index contributed by atoms with van der Waals surface area (Å²) in [6.07, 6.45) is 4.88. The Hall–Kier alpha value is -2.88. The molecule has 1 unspecified atom stereocenters. The molecule has 1 fully saturated rings. The van der Waals surface area contributed by atoms with Gasteiger partial charge in [0.05, 0.1) is 12.0 Å². The van der Waals surface area contributed by atoms with Crippen LogP contribution in [0.3, 0.4) is 0 Å². The van der Waals surface area contributed by atoms with Crippen molar-refractivity contribution in [1.82, 2.24) is 14.6 Å². The Morgan fingerprint density at radius 2 is 1.97 bits per heavy atom. The van der Waals surface area contributed by atoms with Gasteiger partial charge in [-0.3, -0.25) is 14.4 Å². The summed E-state index contributed by atoms with van der Waals surface area (Å²) in [5.41, 5.74) is 10.6. The third-order valence-corrected chi connectivity index (χ3v) is 5.80. The average molecular weight is 434 g/mol. The number of hydrogen-bond donors (Lipinski definition) is 3. The highest BCUT2D eigenvalue weighted by Gasteiger charge is 2.41. The minimum atomic E-state index is -0.978. The number of nitrogens with zero attached hydrogens (tertiary/aromatic N) is 2. The number of nitrogens with two attached hydrogens (primary N) is 2. The zero-order valence-corrected chi connectivity index (χ0v) is 18.1. The van der Waals surface area contributed by atoms with Crippen molar-refractivity contribution < 1.29 is 18.8 Å². The first-order valence-electron chi connectivity index (χ1n) is 9.83. The summed E-state index contributed by atoms with van der Waals surface area (Å²) in [6.45, 7) is 5.60. The quantitative estimate of drug-likeness (QED) is 0.638. The van der Waals surface area contributed by atoms with Gasteiger partial charge >= 0.3 is 0 Å². The lowest BCUT2D eigenvalue weighted by atomic mass is 10.0. The van der Waals surface area contributed by atoms with Gasteiger partial charge in [-0.15, -0.1) is 0 Å². The van der Waals surface area contributed by atoms with E-state index in [9.17, 15) is 14.4 Å². The van der Waals surface area contributed by atoms with Crippen LogP contribution in [0.25, 0.3) is 0 Å². The molecule has 0 bridgehead atoms. The molecule has 1 atom stereocenters. The molecule has 1 aliphatic rings. The van der Waals surface area contributed by atoms with Crippen LogP contribution in [-0.2, 0) is 4.79 Å². The Morgan fingerprint density at radius 1 is 1.30 bits per heavy atom. The molecule has 3 amide bonds. The van der Waals surface area contributed by atoms with Crippen LogP contribution in [0.15, 0.2) is 22.8 Å². The van der Waals surface area contributed by atoms with E-state index in [0.29, 0.717) is 5.76 Å². The van der Waals surface area contributed by atoms with E-state index >= 15 is 0 Å². The number of primary amides is 1. The first kappa shape index (κ1) is 21.8. The molecule has 2 aromatic rings. The van der Waals surface area contributed by atoms with Gasteiger partial charge in [0, 0.05) is 11.6 Å². The van der Waals surface area contributed by atoms with E-state index < -0.39 is 23.4 Å². The fourth-order valence-corrected chi connectivity index (χ4v) is 4.45. The Labute approximate surface area is 178 Å². The summed E-state index contributed by atoms with van der Waals surface area (Å²) < 4.78 is 9.50. The summed E-state index contributed by atoms with van der Waals surface area (Å²) in [4.78, 5) is 40.1. The normalized spacial score (nSPS) is 15.7. The molecule has 0 aliphatic heterocycles. The summed E-state index contributed by atoms with van der Waals surface area (Å²) in [5, 5.41) is 2.95. The number of aromatic nitrogens is 1. The zero-order chi connectivity index (χ0) is 22.1. The minimum Gasteiger partial charge on any atom is -0.467 e. The number of anilines is 1. The Balaban J connectivity index is 2.07. The number of nitrogens with one attached hydrogen (secondary N) is 1. The molecule has 0 radical (unpaired) electrons. The van der Waals surface area contributed by atoms with Gasteiger partial charge in [0.25, 0.3) is 17.7 Å². The first-order valence-corrected chi connectivity index (χ1v) is 10.6. The Morgan fingerprint density at radius 3 is 2.47 bits per heavy atom. The number of hydrogen-bond acceptors (Lipinski definition) is 7. The lowest BCUT2D eigenvalue weighted by molar-refractivity contribution is -0.128. The second kappa shape index (κ2) is 8.47. The van der Waals surface area contributed by atoms with Crippen molar-refractivity contribution in [2.24, 2.45) is 5.73 Å². The van der Waals surface area contributed by atoms with Gasteiger partial charge in [-0.2, -0.15) is 4.37 Å². The molecule has 1 saturated carbocycles. The largest absolute Gasteiger partial charge is 0.467 e. The van der Waals surface area contributed by atoms with Crippen molar-refractivity contribution in [3.8, 4) is 0 Å². The van der Waals surface area contributed by atoms with E-state index in [0.717, 1.165) is 37.2 Å². The van der Waals surface area contributed by atoms with Crippen molar-refractivity contribution in [2.75, 3.05) is 5.73 Å². The van der Waals surface area contributed by atoms with Gasteiger partial charge in [0.2, 0.25) is 0 Å². The molecule has 3 rings (SSSR count). The highest BCUT2D eigenvalue weighted by molar-refractivity contribution is 7.09. The van der Waals surface area contributed by atoms with Crippen molar-refractivity contribution >= 4 is 34.9 Å². The smallest absolute Gasteiger partial charge is 0.270 e. The van der Waals surface area contributed by atoms with E-state index in [1.807, 2.05) is 20.8 Å². The number of amides is 3. The molecular formula is C20H27N5O4S. The first-order chi connectivity index (χ1) is 14.1. The molecule has 2 aromatic heterocycles. The van der Waals surface area contributed by atoms with Gasteiger partial charge < -0.3 is 26.1 Å². The van der Waals surface area contributed by atoms with Crippen LogP contribution in [0, 0.1) is 0 Å². The predicted octanol–water partition coefficient (Wildman–Crippen LogP) is 2.46. The fraction of sp³-hybridized carbons (Fsp3) is 0.500. The SMILES string of the molecule is CC(C)(C)NC(=O)C(c1ccco1)N(C(=O)c1snc(C(N)=O)c1N)C1CCCC1. The van der Waals surface area contributed by atoms with Crippen LogP contribution in [0.5, 0.6) is 0 Å². The van der Waals surface area contributed by atoms with Gasteiger partial charge in [-0.25, -0.2) is 0 Å². The molecule has 162 valence electrons. The van der Waals surface area contributed by atoms with E-state index in [1.165, 1.54) is 11.2 Å². The van der Waals surface area contributed by atoms with Crippen LogP contribution < -0.4 is 16.8 Å². The average Bonchev–Trinajstić information content (AvgIpc) is 3.38. The zero-order valence-electron chi connectivity index (χ0n) is 17.3. The molecule has 2 heterocycles. The lowest BCUT2D eigenvalue weighted by Crippen LogP contribution is -2.51. The second-order valence-electron chi connectivity index (χ2n) is 8.45. The van der Waals surface area contributed by atoms with E-state index in [-0.39, 0.29) is 28.2 Å². The summed E-state index contributed by atoms with van der Waals surface area (Å²) in [7, 11) is 0. The van der Waals surface area contributed by atoms with E-state index in [2.05, 4.69) is 9.69 Å².